The fraction of sp³-hybridized carbons (Fsp3) is 0.182. The summed E-state index contributed by atoms with van der Waals surface area (Å²) in [6.45, 7) is 1.34. The van der Waals surface area contributed by atoms with Crippen LogP contribution in [0.3, 0.4) is 0 Å². The predicted molar refractivity (Wildman–Crippen MR) is 219 cm³/mol. The van der Waals surface area contributed by atoms with Gasteiger partial charge in [0.05, 0.1) is 38.8 Å². The van der Waals surface area contributed by atoms with E-state index < -0.39 is 0 Å². The molecule has 2 atom stereocenters. The summed E-state index contributed by atoms with van der Waals surface area (Å²) < 4.78 is 34.2. The van der Waals surface area contributed by atoms with Crippen LogP contribution in [0.5, 0.6) is 46.0 Å². The minimum atomic E-state index is 0. The van der Waals surface area contributed by atoms with Gasteiger partial charge in [-0.3, -0.25) is 0 Å². The van der Waals surface area contributed by atoms with E-state index in [9.17, 15) is 0 Å². The van der Waals surface area contributed by atoms with Crippen molar-refractivity contribution in [3.63, 3.8) is 0 Å². The second-order valence-corrected chi connectivity index (χ2v) is 12.8. The number of rotatable bonds is 8. The van der Waals surface area contributed by atoms with Gasteiger partial charge in [-0.1, -0.05) is 72.8 Å². The molecule has 0 saturated carbocycles. The van der Waals surface area contributed by atoms with Crippen LogP contribution >= 0.6 is 24.8 Å². The normalized spacial score (nSPS) is 15.1. The summed E-state index contributed by atoms with van der Waals surface area (Å²) in [7, 11) is 3.22. The van der Waals surface area contributed by atoms with Gasteiger partial charge in [-0.2, -0.15) is 0 Å². The first-order valence-corrected chi connectivity index (χ1v) is 17.3. The van der Waals surface area contributed by atoms with E-state index >= 15 is 0 Å². The molecule has 280 valence electrons. The number of nitrogen functional groups attached to an aromatic ring is 2. The second kappa shape index (κ2) is 18.4. The van der Waals surface area contributed by atoms with E-state index in [0.29, 0.717) is 70.9 Å². The zero-order valence-corrected chi connectivity index (χ0v) is 31.7. The highest BCUT2D eigenvalue weighted by Crippen LogP contribution is 2.39. The molecule has 2 unspecified atom stereocenters. The van der Waals surface area contributed by atoms with E-state index in [0.717, 1.165) is 24.3 Å². The van der Waals surface area contributed by atoms with Crippen molar-refractivity contribution in [2.24, 2.45) is 0 Å². The van der Waals surface area contributed by atoms with E-state index in [1.807, 2.05) is 48.5 Å². The lowest BCUT2D eigenvalue weighted by Crippen LogP contribution is -2.19. The van der Waals surface area contributed by atoms with Crippen molar-refractivity contribution in [3.8, 4) is 46.0 Å². The maximum Gasteiger partial charge on any atom is 0.150 e. The molecule has 10 heteroatoms. The second-order valence-electron chi connectivity index (χ2n) is 12.8. The lowest BCUT2D eigenvalue weighted by Gasteiger charge is -2.26. The molecule has 4 N–H and O–H groups in total. The van der Waals surface area contributed by atoms with Crippen LogP contribution in [-0.4, -0.2) is 27.4 Å². The zero-order chi connectivity index (χ0) is 35.9. The van der Waals surface area contributed by atoms with Crippen molar-refractivity contribution in [3.05, 3.63) is 156 Å². The summed E-state index contributed by atoms with van der Waals surface area (Å²) in [5.41, 5.74) is 18.1. The molecular formula is C44H44Cl2N2O6. The van der Waals surface area contributed by atoms with Crippen LogP contribution in [0.25, 0.3) is 0 Å². The van der Waals surface area contributed by atoms with E-state index in [-0.39, 0.29) is 24.8 Å². The maximum absolute atomic E-state index is 6.03. The molecule has 8 nitrogen and oxygen atoms in total. The number of hydrogen-bond donors (Lipinski definition) is 2. The number of halogens is 2. The van der Waals surface area contributed by atoms with Gasteiger partial charge in [0, 0.05) is 36.1 Å². The Morgan fingerprint density at radius 2 is 0.870 bits per heavy atom. The Hall–Kier alpha value is -5.70. The van der Waals surface area contributed by atoms with Crippen LogP contribution < -0.4 is 39.9 Å². The Kier molecular flexibility index (Phi) is 13.4. The Balaban J connectivity index is 0.000000200. The summed E-state index contributed by atoms with van der Waals surface area (Å²) in [4.78, 5) is 0. The van der Waals surface area contributed by atoms with Gasteiger partial charge < -0.3 is 39.9 Å². The molecule has 6 aromatic rings. The third kappa shape index (κ3) is 9.44. The Morgan fingerprint density at radius 1 is 0.481 bits per heavy atom. The fourth-order valence-corrected chi connectivity index (χ4v) is 6.46. The lowest BCUT2D eigenvalue weighted by atomic mass is 9.90. The summed E-state index contributed by atoms with van der Waals surface area (Å²) in [6, 6.07) is 43.6. The van der Waals surface area contributed by atoms with Gasteiger partial charge >= 0.3 is 0 Å². The zero-order valence-electron chi connectivity index (χ0n) is 30.1. The largest absolute Gasteiger partial charge is 0.497 e. The summed E-state index contributed by atoms with van der Waals surface area (Å²) in [5.74, 6) is 6.54. The van der Waals surface area contributed by atoms with Gasteiger partial charge in [0.15, 0.2) is 11.5 Å². The van der Waals surface area contributed by atoms with Gasteiger partial charge in [-0.15, -0.1) is 24.8 Å². The summed E-state index contributed by atoms with van der Waals surface area (Å²) in [6.07, 6.45) is 1.93. The summed E-state index contributed by atoms with van der Waals surface area (Å²) in [5, 5.41) is 0. The Bertz CT molecular complexity index is 1980. The molecule has 0 radical (unpaired) electrons. The van der Waals surface area contributed by atoms with E-state index in [1.165, 1.54) is 22.3 Å². The number of benzene rings is 6. The molecule has 0 bridgehead atoms. The number of anilines is 2. The van der Waals surface area contributed by atoms with Gasteiger partial charge in [0.1, 0.15) is 34.5 Å². The third-order valence-corrected chi connectivity index (χ3v) is 9.32. The van der Waals surface area contributed by atoms with Crippen LogP contribution in [0.15, 0.2) is 133 Å². The molecule has 0 spiro atoms. The number of hydrogen-bond acceptors (Lipinski definition) is 8. The highest BCUT2D eigenvalue weighted by molar-refractivity contribution is 5.85. The standard InChI is InChI=1S/2C22H21NO3.2ClH/c2*1-24-18-9-10-21(20(23)12-18)26-19-8-7-16-11-17(14-25-22(16)13-19)15-5-3-2-4-6-15;;/h2*2-10,12-13,17H,11,14,23H2,1H3;2*1H. The third-order valence-electron chi connectivity index (χ3n) is 9.32. The van der Waals surface area contributed by atoms with Crippen LogP contribution in [0.1, 0.15) is 34.1 Å². The number of nitrogens with two attached hydrogens (primary N) is 2. The predicted octanol–water partition coefficient (Wildman–Crippen LogP) is 10.4. The topological polar surface area (TPSA) is 107 Å². The van der Waals surface area contributed by atoms with Gasteiger partial charge in [0.25, 0.3) is 0 Å². The molecule has 2 heterocycles. The van der Waals surface area contributed by atoms with Gasteiger partial charge in [-0.05, 0) is 71.5 Å². The molecular weight excluding hydrogens is 723 g/mol. The van der Waals surface area contributed by atoms with E-state index in [1.54, 1.807) is 38.5 Å². The van der Waals surface area contributed by atoms with E-state index in [4.69, 9.17) is 39.9 Å². The molecule has 0 fully saturated rings. The number of methoxy groups -OCH3 is 2. The molecule has 54 heavy (non-hydrogen) atoms. The monoisotopic (exact) mass is 766 g/mol. The van der Waals surface area contributed by atoms with Crippen molar-refractivity contribution in [1.82, 2.24) is 0 Å². The van der Waals surface area contributed by atoms with Crippen molar-refractivity contribution in [2.75, 3.05) is 38.9 Å². The number of ether oxygens (including phenoxy) is 6. The minimum absolute atomic E-state index is 0. The van der Waals surface area contributed by atoms with Crippen LogP contribution in [0.4, 0.5) is 11.4 Å². The lowest BCUT2D eigenvalue weighted by molar-refractivity contribution is 0.261. The molecule has 0 amide bonds. The molecule has 0 aromatic heterocycles. The fourth-order valence-electron chi connectivity index (χ4n) is 6.46. The summed E-state index contributed by atoms with van der Waals surface area (Å²) >= 11 is 0. The maximum atomic E-state index is 6.03. The molecule has 2 aliphatic rings. The van der Waals surface area contributed by atoms with Crippen molar-refractivity contribution < 1.29 is 28.4 Å². The van der Waals surface area contributed by atoms with Crippen LogP contribution in [-0.2, 0) is 12.8 Å². The van der Waals surface area contributed by atoms with E-state index in [2.05, 4.69) is 60.7 Å². The van der Waals surface area contributed by atoms with Crippen molar-refractivity contribution in [2.45, 2.75) is 24.7 Å². The van der Waals surface area contributed by atoms with Crippen LogP contribution in [0.2, 0.25) is 0 Å². The average molecular weight is 768 g/mol. The number of fused-ring (bicyclic) bond motifs is 2. The first kappa shape index (κ1) is 39.5. The average Bonchev–Trinajstić information content (AvgIpc) is 3.20. The quantitative estimate of drug-likeness (QED) is 0.147. The SMILES string of the molecule is COc1ccc(Oc2ccc3c(c2)OCC(c2ccccc2)C3)c(N)c1.COc1ccc(Oc2ccc3c(c2)OCC(c2ccccc2)C3)c(N)c1.Cl.Cl. The highest BCUT2D eigenvalue weighted by Gasteiger charge is 2.23. The molecule has 6 aromatic carbocycles. The van der Waals surface area contributed by atoms with Gasteiger partial charge in [-0.25, -0.2) is 0 Å². The minimum Gasteiger partial charge on any atom is -0.497 e. The van der Waals surface area contributed by atoms with Crippen molar-refractivity contribution in [1.29, 1.82) is 0 Å². The Labute approximate surface area is 328 Å². The molecule has 2 aliphatic heterocycles. The molecule has 0 saturated heterocycles. The Morgan fingerprint density at radius 3 is 1.24 bits per heavy atom. The van der Waals surface area contributed by atoms with Crippen LogP contribution in [0, 0.1) is 0 Å². The highest BCUT2D eigenvalue weighted by atomic mass is 35.5. The first-order valence-electron chi connectivity index (χ1n) is 17.3. The smallest absolute Gasteiger partial charge is 0.150 e. The first-order chi connectivity index (χ1) is 25.4. The molecule has 0 aliphatic carbocycles. The van der Waals surface area contributed by atoms with Gasteiger partial charge in [0.2, 0.25) is 0 Å². The molecule has 8 rings (SSSR count). The van der Waals surface area contributed by atoms with Crippen molar-refractivity contribution >= 4 is 36.2 Å².